The van der Waals surface area contributed by atoms with Gasteiger partial charge in [-0.1, -0.05) is 17.8 Å². The van der Waals surface area contributed by atoms with E-state index in [0.29, 0.717) is 11.7 Å². The summed E-state index contributed by atoms with van der Waals surface area (Å²) in [7, 11) is 0. The summed E-state index contributed by atoms with van der Waals surface area (Å²) in [4.78, 5) is 24.1. The second-order valence-electron chi connectivity index (χ2n) is 3.87. The molecule has 98 valence electrons. The first-order valence-corrected chi connectivity index (χ1v) is 6.74. The Morgan fingerprint density at radius 2 is 2.11 bits per heavy atom. The van der Waals surface area contributed by atoms with Crippen molar-refractivity contribution in [1.29, 1.82) is 0 Å². The summed E-state index contributed by atoms with van der Waals surface area (Å²) in [6.45, 7) is 2.31. The second-order valence-corrected chi connectivity index (χ2v) is 5.18. The van der Waals surface area contributed by atoms with E-state index in [1.54, 1.807) is 30.9 Å². The topological polar surface area (TPSA) is 67.8 Å². The number of pyridine rings is 1. The number of carbonyl (C=O) groups is 1. The predicted octanol–water partition coefficient (Wildman–Crippen LogP) is 1.67. The molecule has 1 N–H and O–H groups in total. The fourth-order valence-corrected chi connectivity index (χ4v) is 2.14. The second kappa shape index (κ2) is 6.84. The van der Waals surface area contributed by atoms with Gasteiger partial charge < -0.3 is 5.32 Å². The van der Waals surface area contributed by atoms with Crippen molar-refractivity contribution in [1.82, 2.24) is 20.3 Å². The van der Waals surface area contributed by atoms with Crippen LogP contribution in [0.1, 0.15) is 12.5 Å². The maximum Gasteiger partial charge on any atom is 0.233 e. The van der Waals surface area contributed by atoms with Gasteiger partial charge in [-0.3, -0.25) is 9.78 Å². The zero-order chi connectivity index (χ0) is 13.5. The minimum absolute atomic E-state index is 0.0405. The Kier molecular flexibility index (Phi) is 4.85. The average molecular weight is 274 g/mol. The van der Waals surface area contributed by atoms with Gasteiger partial charge in [-0.25, -0.2) is 9.97 Å². The van der Waals surface area contributed by atoms with Crippen LogP contribution in [0.25, 0.3) is 0 Å². The quantitative estimate of drug-likeness (QED) is 0.663. The molecular formula is C13H14N4OS. The Labute approximate surface area is 115 Å². The summed E-state index contributed by atoms with van der Waals surface area (Å²) in [5.41, 5.74) is 0.976. The fraction of sp³-hybridized carbons (Fsp3) is 0.231. The van der Waals surface area contributed by atoms with E-state index in [1.165, 1.54) is 11.8 Å². The van der Waals surface area contributed by atoms with Gasteiger partial charge in [-0.2, -0.15) is 0 Å². The van der Waals surface area contributed by atoms with E-state index in [4.69, 9.17) is 0 Å². The number of hydrogen-bond donors (Lipinski definition) is 1. The van der Waals surface area contributed by atoms with E-state index >= 15 is 0 Å². The molecule has 0 fully saturated rings. The van der Waals surface area contributed by atoms with E-state index in [1.807, 2.05) is 19.1 Å². The molecule has 0 saturated carbocycles. The van der Waals surface area contributed by atoms with E-state index in [2.05, 4.69) is 20.3 Å². The number of nitrogens with zero attached hydrogens (tertiary/aromatic N) is 3. The first-order chi connectivity index (χ1) is 9.25. The molecular weight excluding hydrogens is 260 g/mol. The predicted molar refractivity (Wildman–Crippen MR) is 73.4 cm³/mol. The summed E-state index contributed by atoms with van der Waals surface area (Å²) in [6, 6.07) is 5.51. The van der Waals surface area contributed by atoms with Crippen molar-refractivity contribution in [3.8, 4) is 0 Å². The van der Waals surface area contributed by atoms with Crippen molar-refractivity contribution >= 4 is 17.7 Å². The Morgan fingerprint density at radius 1 is 1.32 bits per heavy atom. The highest BCUT2D eigenvalue weighted by atomic mass is 32.2. The highest BCUT2D eigenvalue weighted by Crippen LogP contribution is 2.18. The lowest BCUT2D eigenvalue weighted by molar-refractivity contribution is -0.120. The molecule has 2 heterocycles. The summed E-state index contributed by atoms with van der Waals surface area (Å²) in [6.07, 6.45) is 6.76. The zero-order valence-corrected chi connectivity index (χ0v) is 11.3. The third-order valence-electron chi connectivity index (χ3n) is 2.38. The molecule has 1 atom stereocenters. The van der Waals surface area contributed by atoms with E-state index in [-0.39, 0.29) is 11.2 Å². The van der Waals surface area contributed by atoms with Crippen LogP contribution in [0.3, 0.4) is 0 Å². The van der Waals surface area contributed by atoms with E-state index in [0.717, 1.165) is 5.56 Å². The van der Waals surface area contributed by atoms with Gasteiger partial charge in [0.2, 0.25) is 5.91 Å². The monoisotopic (exact) mass is 274 g/mol. The third-order valence-corrected chi connectivity index (χ3v) is 3.37. The highest BCUT2D eigenvalue weighted by Gasteiger charge is 2.15. The van der Waals surface area contributed by atoms with Crippen molar-refractivity contribution in [3.05, 3.63) is 48.5 Å². The summed E-state index contributed by atoms with van der Waals surface area (Å²) in [5.74, 6) is -0.0405. The van der Waals surface area contributed by atoms with Crippen molar-refractivity contribution in [3.63, 3.8) is 0 Å². The van der Waals surface area contributed by atoms with Crippen molar-refractivity contribution in [2.45, 2.75) is 23.9 Å². The normalized spacial score (nSPS) is 11.8. The van der Waals surface area contributed by atoms with Crippen LogP contribution in [0.15, 0.2) is 48.1 Å². The maximum absolute atomic E-state index is 11.9. The molecule has 0 aromatic carbocycles. The van der Waals surface area contributed by atoms with Gasteiger partial charge in [0.15, 0.2) is 5.16 Å². The van der Waals surface area contributed by atoms with Gasteiger partial charge in [0.1, 0.15) is 0 Å². The zero-order valence-electron chi connectivity index (χ0n) is 10.5. The van der Waals surface area contributed by atoms with Crippen LogP contribution in [0, 0.1) is 0 Å². The summed E-state index contributed by atoms with van der Waals surface area (Å²) in [5, 5.41) is 3.23. The highest BCUT2D eigenvalue weighted by molar-refractivity contribution is 8.00. The van der Waals surface area contributed by atoms with Crippen molar-refractivity contribution in [2.24, 2.45) is 0 Å². The van der Waals surface area contributed by atoms with E-state index < -0.39 is 0 Å². The van der Waals surface area contributed by atoms with Gasteiger partial charge >= 0.3 is 0 Å². The number of thioether (sulfide) groups is 1. The molecule has 0 spiro atoms. The van der Waals surface area contributed by atoms with Gasteiger partial charge in [0.25, 0.3) is 0 Å². The van der Waals surface area contributed by atoms with Gasteiger partial charge in [-0.15, -0.1) is 0 Å². The Balaban J connectivity index is 1.83. The molecule has 0 bridgehead atoms. The summed E-state index contributed by atoms with van der Waals surface area (Å²) >= 11 is 1.34. The van der Waals surface area contributed by atoms with Crippen LogP contribution in [0.5, 0.6) is 0 Å². The molecule has 19 heavy (non-hydrogen) atoms. The Bertz CT molecular complexity index is 521. The third kappa shape index (κ3) is 4.33. The molecule has 6 heteroatoms. The van der Waals surface area contributed by atoms with Gasteiger partial charge in [0.05, 0.1) is 5.25 Å². The number of aromatic nitrogens is 3. The minimum Gasteiger partial charge on any atom is -0.351 e. The number of nitrogens with one attached hydrogen (secondary N) is 1. The van der Waals surface area contributed by atoms with Crippen LogP contribution in [0.2, 0.25) is 0 Å². The van der Waals surface area contributed by atoms with Crippen molar-refractivity contribution in [2.75, 3.05) is 0 Å². The number of rotatable bonds is 5. The Morgan fingerprint density at radius 3 is 2.79 bits per heavy atom. The number of amides is 1. The van der Waals surface area contributed by atoms with Crippen LogP contribution in [0.4, 0.5) is 0 Å². The molecule has 2 aromatic heterocycles. The number of carbonyl (C=O) groups excluding carboxylic acids is 1. The lowest BCUT2D eigenvalue weighted by Crippen LogP contribution is -2.30. The average Bonchev–Trinajstić information content (AvgIpc) is 2.47. The molecule has 5 nitrogen and oxygen atoms in total. The minimum atomic E-state index is -0.237. The molecule has 0 saturated heterocycles. The summed E-state index contributed by atoms with van der Waals surface area (Å²) < 4.78 is 0. The first-order valence-electron chi connectivity index (χ1n) is 5.86. The number of hydrogen-bond acceptors (Lipinski definition) is 5. The molecule has 1 amide bonds. The van der Waals surface area contributed by atoms with Crippen LogP contribution in [-0.2, 0) is 11.3 Å². The van der Waals surface area contributed by atoms with Gasteiger partial charge in [-0.05, 0) is 24.6 Å². The van der Waals surface area contributed by atoms with Gasteiger partial charge in [0, 0.05) is 31.3 Å². The maximum atomic E-state index is 11.9. The standard InChI is InChI=1S/C13H14N4OS/c1-10(19-13-15-6-3-7-16-13)12(18)17-9-11-4-2-5-14-8-11/h2-8,10H,9H2,1H3,(H,17,18). The molecule has 2 rings (SSSR count). The molecule has 1 unspecified atom stereocenters. The SMILES string of the molecule is CC(Sc1ncccn1)C(=O)NCc1cccnc1. The lowest BCUT2D eigenvalue weighted by Gasteiger charge is -2.10. The largest absolute Gasteiger partial charge is 0.351 e. The molecule has 2 aromatic rings. The fourth-order valence-electron chi connectivity index (χ4n) is 1.39. The van der Waals surface area contributed by atoms with Crippen LogP contribution in [-0.4, -0.2) is 26.1 Å². The molecule has 0 aliphatic carbocycles. The first kappa shape index (κ1) is 13.5. The molecule has 0 radical (unpaired) electrons. The molecule has 0 aliphatic rings. The van der Waals surface area contributed by atoms with E-state index in [9.17, 15) is 4.79 Å². The Hall–Kier alpha value is -1.95. The smallest absolute Gasteiger partial charge is 0.233 e. The molecule has 0 aliphatic heterocycles. The van der Waals surface area contributed by atoms with Crippen LogP contribution >= 0.6 is 11.8 Å². The van der Waals surface area contributed by atoms with Crippen LogP contribution < -0.4 is 5.32 Å². The lowest BCUT2D eigenvalue weighted by atomic mass is 10.3. The van der Waals surface area contributed by atoms with Crippen molar-refractivity contribution < 1.29 is 4.79 Å².